The number of amides is 1. The van der Waals surface area contributed by atoms with Gasteiger partial charge in [0, 0.05) is 30.2 Å². The van der Waals surface area contributed by atoms with Crippen molar-refractivity contribution in [3.63, 3.8) is 0 Å². The van der Waals surface area contributed by atoms with E-state index in [9.17, 15) is 10.1 Å². The molecule has 0 radical (unpaired) electrons. The van der Waals surface area contributed by atoms with Crippen molar-refractivity contribution in [2.45, 2.75) is 63.7 Å². The second-order valence-electron chi connectivity index (χ2n) is 11.2. The van der Waals surface area contributed by atoms with Gasteiger partial charge < -0.3 is 14.4 Å². The third-order valence-electron chi connectivity index (χ3n) is 7.36. The minimum atomic E-state index is -0.845. The Kier molecular flexibility index (Phi) is 4.42. The molecule has 3 aliphatic heterocycles. The first kappa shape index (κ1) is 21.7. The maximum atomic E-state index is 14.6. The number of carbonyl (C=O) groups is 1. The van der Waals surface area contributed by atoms with E-state index in [1.807, 2.05) is 61.2 Å². The summed E-state index contributed by atoms with van der Waals surface area (Å²) in [5, 5.41) is 9.36. The van der Waals surface area contributed by atoms with Gasteiger partial charge in [-0.1, -0.05) is 30.3 Å². The van der Waals surface area contributed by atoms with Crippen LogP contribution in [0.1, 0.15) is 61.9 Å². The Hall–Kier alpha value is -3.78. The van der Waals surface area contributed by atoms with Crippen molar-refractivity contribution in [2.75, 3.05) is 4.90 Å². The molecule has 5 heteroatoms. The van der Waals surface area contributed by atoms with Crippen LogP contribution in [0.4, 0.5) is 5.69 Å². The van der Waals surface area contributed by atoms with Gasteiger partial charge in [0.2, 0.25) is 5.91 Å². The van der Waals surface area contributed by atoms with Gasteiger partial charge in [-0.3, -0.25) is 4.79 Å². The zero-order valence-corrected chi connectivity index (χ0v) is 20.5. The largest absolute Gasteiger partial charge is 0.487 e. The van der Waals surface area contributed by atoms with E-state index in [0.717, 1.165) is 40.1 Å². The van der Waals surface area contributed by atoms with E-state index >= 15 is 0 Å². The second kappa shape index (κ2) is 7.11. The molecule has 0 aliphatic carbocycles. The average Bonchev–Trinajstić information content (AvgIpc) is 3.23. The zero-order valence-electron chi connectivity index (χ0n) is 20.5. The first-order valence-electron chi connectivity index (χ1n) is 12.1. The Morgan fingerprint density at radius 1 is 0.914 bits per heavy atom. The van der Waals surface area contributed by atoms with Crippen molar-refractivity contribution in [1.29, 1.82) is 5.26 Å². The van der Waals surface area contributed by atoms with Crippen LogP contribution < -0.4 is 14.4 Å². The Balaban J connectivity index is 1.54. The van der Waals surface area contributed by atoms with Crippen molar-refractivity contribution >= 4 is 11.6 Å². The first-order chi connectivity index (χ1) is 16.6. The molecule has 0 N–H and O–H groups in total. The van der Waals surface area contributed by atoms with Crippen LogP contribution in [0.15, 0.2) is 60.7 Å². The quantitative estimate of drug-likeness (QED) is 0.491. The van der Waals surface area contributed by atoms with Crippen molar-refractivity contribution in [3.8, 4) is 17.6 Å². The van der Waals surface area contributed by atoms with Gasteiger partial charge in [0.05, 0.1) is 18.2 Å². The fourth-order valence-electron chi connectivity index (χ4n) is 6.15. The zero-order chi connectivity index (χ0) is 24.6. The molecule has 1 atom stereocenters. The van der Waals surface area contributed by atoms with E-state index in [1.165, 1.54) is 0 Å². The summed E-state index contributed by atoms with van der Waals surface area (Å²) in [4.78, 5) is 16.4. The second-order valence-corrected chi connectivity index (χ2v) is 11.2. The van der Waals surface area contributed by atoms with Gasteiger partial charge in [-0.2, -0.15) is 5.26 Å². The van der Waals surface area contributed by atoms with Gasteiger partial charge >= 0.3 is 0 Å². The SMILES string of the molecule is CC1(C)Cc2cc3c(cc2O1)OC(C)(C)CC31C(=O)N(Cc2cccc(C#N)c2)c2ccccc21. The van der Waals surface area contributed by atoms with Crippen molar-refractivity contribution in [1.82, 2.24) is 0 Å². The minimum Gasteiger partial charge on any atom is -0.487 e. The van der Waals surface area contributed by atoms with E-state index in [1.54, 1.807) is 6.07 Å². The Labute approximate surface area is 205 Å². The van der Waals surface area contributed by atoms with Gasteiger partial charge in [0.15, 0.2) is 0 Å². The number of rotatable bonds is 2. The summed E-state index contributed by atoms with van der Waals surface area (Å²) in [6.45, 7) is 8.67. The van der Waals surface area contributed by atoms with Crippen LogP contribution in [-0.4, -0.2) is 17.1 Å². The monoisotopic (exact) mass is 464 g/mol. The molecule has 3 aliphatic rings. The maximum absolute atomic E-state index is 14.6. The van der Waals surface area contributed by atoms with Gasteiger partial charge in [-0.25, -0.2) is 0 Å². The number of fused-ring (bicyclic) bond motifs is 5. The summed E-state index contributed by atoms with van der Waals surface area (Å²) in [6, 6.07) is 21.9. The molecule has 3 aromatic carbocycles. The summed E-state index contributed by atoms with van der Waals surface area (Å²) < 4.78 is 12.7. The molecule has 0 saturated carbocycles. The highest BCUT2D eigenvalue weighted by Crippen LogP contribution is 2.57. The molecular formula is C30H28N2O3. The number of nitrogens with zero attached hydrogens (tertiary/aromatic N) is 2. The minimum absolute atomic E-state index is 0.0526. The van der Waals surface area contributed by atoms with E-state index < -0.39 is 11.0 Å². The molecule has 3 aromatic rings. The summed E-state index contributed by atoms with van der Waals surface area (Å²) in [7, 11) is 0. The average molecular weight is 465 g/mol. The van der Waals surface area contributed by atoms with E-state index in [-0.39, 0.29) is 11.5 Å². The van der Waals surface area contributed by atoms with Gasteiger partial charge in [-0.05, 0) is 68.7 Å². The molecular weight excluding hydrogens is 436 g/mol. The number of para-hydroxylation sites is 1. The molecule has 1 amide bonds. The van der Waals surface area contributed by atoms with Crippen molar-refractivity contribution in [3.05, 3.63) is 88.5 Å². The highest BCUT2D eigenvalue weighted by molar-refractivity contribution is 6.11. The molecule has 0 fully saturated rings. The number of anilines is 1. The Morgan fingerprint density at radius 2 is 1.69 bits per heavy atom. The third kappa shape index (κ3) is 3.24. The summed E-state index contributed by atoms with van der Waals surface area (Å²) in [6.07, 6.45) is 1.33. The number of ether oxygens (including phenoxy) is 2. The predicted molar refractivity (Wildman–Crippen MR) is 134 cm³/mol. The summed E-state index contributed by atoms with van der Waals surface area (Å²) in [5.74, 6) is 1.61. The fourth-order valence-corrected chi connectivity index (χ4v) is 6.15. The predicted octanol–water partition coefficient (Wildman–Crippen LogP) is 5.67. The summed E-state index contributed by atoms with van der Waals surface area (Å²) >= 11 is 0. The first-order valence-corrected chi connectivity index (χ1v) is 12.1. The molecule has 1 unspecified atom stereocenters. The normalized spacial score (nSPS) is 22.6. The number of benzene rings is 3. The van der Waals surface area contributed by atoms with Crippen LogP contribution in [0.2, 0.25) is 0 Å². The highest BCUT2D eigenvalue weighted by atomic mass is 16.5. The Morgan fingerprint density at radius 3 is 2.49 bits per heavy atom. The van der Waals surface area contributed by atoms with Gasteiger partial charge in [0.25, 0.3) is 0 Å². The highest BCUT2D eigenvalue weighted by Gasteiger charge is 2.58. The summed E-state index contributed by atoms with van der Waals surface area (Å²) in [5.41, 5.74) is 3.80. The molecule has 35 heavy (non-hydrogen) atoms. The van der Waals surface area contributed by atoms with E-state index in [2.05, 4.69) is 32.0 Å². The Bertz CT molecular complexity index is 1430. The molecule has 1 spiro atoms. The maximum Gasteiger partial charge on any atom is 0.242 e. The molecule has 176 valence electrons. The topological polar surface area (TPSA) is 62.6 Å². The molecule has 0 bridgehead atoms. The van der Waals surface area contributed by atoms with Crippen LogP contribution in [-0.2, 0) is 23.2 Å². The number of hydrogen-bond acceptors (Lipinski definition) is 4. The molecule has 3 heterocycles. The lowest BCUT2D eigenvalue weighted by Crippen LogP contribution is -2.50. The lowest BCUT2D eigenvalue weighted by Gasteiger charge is -2.43. The molecule has 6 rings (SSSR count). The number of carbonyl (C=O) groups excluding carboxylic acids is 1. The number of hydrogen-bond donors (Lipinski definition) is 0. The van der Waals surface area contributed by atoms with Crippen LogP contribution in [0, 0.1) is 11.3 Å². The molecule has 0 aromatic heterocycles. The lowest BCUT2D eigenvalue weighted by atomic mass is 9.66. The smallest absolute Gasteiger partial charge is 0.242 e. The third-order valence-corrected chi connectivity index (χ3v) is 7.36. The van der Waals surface area contributed by atoms with Gasteiger partial charge in [-0.15, -0.1) is 0 Å². The van der Waals surface area contributed by atoms with Crippen LogP contribution in [0.5, 0.6) is 11.5 Å². The standard InChI is InChI=1S/C30H28N2O3/c1-28(2)15-21-13-23-26(14-25(21)34-28)35-29(3,4)18-30(23)22-10-5-6-11-24(22)32(27(30)33)17-20-9-7-8-19(12-20)16-31/h5-14H,15,17-18H2,1-4H3. The van der Waals surface area contributed by atoms with Crippen LogP contribution in [0.25, 0.3) is 0 Å². The molecule has 5 nitrogen and oxygen atoms in total. The number of nitriles is 1. The van der Waals surface area contributed by atoms with Crippen LogP contribution >= 0.6 is 0 Å². The van der Waals surface area contributed by atoms with Crippen molar-refractivity contribution in [2.24, 2.45) is 0 Å². The van der Waals surface area contributed by atoms with E-state index in [0.29, 0.717) is 24.3 Å². The lowest BCUT2D eigenvalue weighted by molar-refractivity contribution is -0.124. The van der Waals surface area contributed by atoms with Crippen molar-refractivity contribution < 1.29 is 14.3 Å². The van der Waals surface area contributed by atoms with Crippen LogP contribution in [0.3, 0.4) is 0 Å². The fraction of sp³-hybridized carbons (Fsp3) is 0.333. The van der Waals surface area contributed by atoms with Gasteiger partial charge in [0.1, 0.15) is 28.1 Å². The molecule has 0 saturated heterocycles. The van der Waals surface area contributed by atoms with E-state index in [4.69, 9.17) is 9.47 Å².